The SMILES string of the molecule is CC1COc2c(F)cnc3c2N1CC(C=O)C3=O. The number of aldehydes is 1. The number of aromatic nitrogens is 1. The van der Waals surface area contributed by atoms with Gasteiger partial charge in [0.05, 0.1) is 18.2 Å². The fraction of sp³-hybridized carbons (Fsp3) is 0.417. The largest absolute Gasteiger partial charge is 0.486 e. The number of Topliss-reactive ketones (excluding diaryl/α,β-unsaturated/α-hetero) is 1. The summed E-state index contributed by atoms with van der Waals surface area (Å²) in [5.41, 5.74) is 0.512. The smallest absolute Gasteiger partial charge is 0.195 e. The minimum absolute atomic E-state index is 0.0181. The fourth-order valence-corrected chi connectivity index (χ4v) is 2.41. The Bertz CT molecular complexity index is 546. The summed E-state index contributed by atoms with van der Waals surface area (Å²) in [5, 5.41) is 0. The third-order valence-electron chi connectivity index (χ3n) is 3.38. The van der Waals surface area contributed by atoms with Gasteiger partial charge in [0, 0.05) is 6.54 Å². The van der Waals surface area contributed by atoms with Crippen LogP contribution in [0.15, 0.2) is 6.20 Å². The Morgan fingerprint density at radius 3 is 3.11 bits per heavy atom. The van der Waals surface area contributed by atoms with Crippen molar-refractivity contribution in [2.45, 2.75) is 13.0 Å². The normalized spacial score (nSPS) is 25.4. The quantitative estimate of drug-likeness (QED) is 0.545. The van der Waals surface area contributed by atoms with E-state index in [-0.39, 0.29) is 29.8 Å². The zero-order chi connectivity index (χ0) is 12.9. The van der Waals surface area contributed by atoms with Crippen LogP contribution in [-0.4, -0.2) is 36.2 Å². The number of rotatable bonds is 1. The predicted molar refractivity (Wildman–Crippen MR) is 60.4 cm³/mol. The van der Waals surface area contributed by atoms with Crippen LogP contribution < -0.4 is 9.64 Å². The van der Waals surface area contributed by atoms with E-state index in [9.17, 15) is 14.0 Å². The summed E-state index contributed by atoms with van der Waals surface area (Å²) in [4.78, 5) is 28.6. The van der Waals surface area contributed by atoms with Gasteiger partial charge in [-0.25, -0.2) is 9.37 Å². The molecule has 0 bridgehead atoms. The first-order chi connectivity index (χ1) is 8.63. The lowest BCUT2D eigenvalue weighted by Gasteiger charge is -2.41. The summed E-state index contributed by atoms with van der Waals surface area (Å²) in [6.07, 6.45) is 1.59. The molecule has 1 aromatic rings. The van der Waals surface area contributed by atoms with Crippen LogP contribution >= 0.6 is 0 Å². The molecule has 0 saturated heterocycles. The number of hydrogen-bond acceptors (Lipinski definition) is 5. The van der Waals surface area contributed by atoms with Gasteiger partial charge < -0.3 is 14.4 Å². The van der Waals surface area contributed by atoms with Crippen molar-refractivity contribution in [3.05, 3.63) is 17.7 Å². The minimum Gasteiger partial charge on any atom is -0.486 e. The van der Waals surface area contributed by atoms with Gasteiger partial charge in [-0.3, -0.25) is 4.79 Å². The number of nitrogens with zero attached hydrogens (tertiary/aromatic N) is 2. The minimum atomic E-state index is -0.733. The summed E-state index contributed by atoms with van der Waals surface area (Å²) in [6, 6.07) is -0.0181. The molecule has 0 N–H and O–H groups in total. The van der Waals surface area contributed by atoms with Crippen molar-refractivity contribution >= 4 is 17.8 Å². The maximum atomic E-state index is 13.6. The van der Waals surface area contributed by atoms with Crippen LogP contribution in [0.2, 0.25) is 0 Å². The van der Waals surface area contributed by atoms with Gasteiger partial charge in [-0.05, 0) is 6.92 Å². The van der Waals surface area contributed by atoms with Crippen LogP contribution in [0.25, 0.3) is 0 Å². The number of carbonyl (C=O) groups excluding carboxylic acids is 2. The molecule has 1 aromatic heterocycles. The van der Waals surface area contributed by atoms with E-state index in [0.717, 1.165) is 6.20 Å². The van der Waals surface area contributed by atoms with Gasteiger partial charge in [-0.2, -0.15) is 0 Å². The maximum Gasteiger partial charge on any atom is 0.195 e. The first-order valence-electron chi connectivity index (χ1n) is 5.71. The van der Waals surface area contributed by atoms with E-state index < -0.39 is 11.7 Å². The Kier molecular flexibility index (Phi) is 2.33. The van der Waals surface area contributed by atoms with Gasteiger partial charge in [0.2, 0.25) is 0 Å². The number of pyridine rings is 1. The number of halogens is 1. The molecule has 3 heterocycles. The average molecular weight is 250 g/mol. The number of ketones is 1. The van der Waals surface area contributed by atoms with Gasteiger partial charge in [0.15, 0.2) is 17.3 Å². The molecule has 2 unspecified atom stereocenters. The van der Waals surface area contributed by atoms with Crippen LogP contribution in [0.5, 0.6) is 5.75 Å². The van der Waals surface area contributed by atoms with Crippen molar-refractivity contribution in [2.75, 3.05) is 18.1 Å². The number of carbonyl (C=O) groups is 2. The summed E-state index contributed by atoms with van der Waals surface area (Å²) < 4.78 is 19.0. The molecular weight excluding hydrogens is 239 g/mol. The second kappa shape index (κ2) is 3.76. The zero-order valence-electron chi connectivity index (χ0n) is 9.72. The highest BCUT2D eigenvalue weighted by Gasteiger charge is 2.40. The summed E-state index contributed by atoms with van der Waals surface area (Å²) in [5.74, 6) is -1.61. The average Bonchev–Trinajstić information content (AvgIpc) is 2.37. The lowest BCUT2D eigenvalue weighted by molar-refractivity contribution is -0.109. The van der Waals surface area contributed by atoms with Crippen molar-refractivity contribution in [3.8, 4) is 5.75 Å². The van der Waals surface area contributed by atoms with E-state index in [2.05, 4.69) is 4.98 Å². The Balaban J connectivity index is 2.23. The Hall–Kier alpha value is -1.98. The molecule has 5 nitrogen and oxygen atoms in total. The fourth-order valence-electron chi connectivity index (χ4n) is 2.41. The van der Waals surface area contributed by atoms with E-state index in [4.69, 9.17) is 4.74 Å². The molecule has 3 rings (SSSR count). The number of ether oxygens (including phenoxy) is 1. The molecule has 0 spiro atoms. The first-order valence-corrected chi connectivity index (χ1v) is 5.71. The van der Waals surface area contributed by atoms with Crippen molar-refractivity contribution in [2.24, 2.45) is 5.92 Å². The topological polar surface area (TPSA) is 59.5 Å². The van der Waals surface area contributed by atoms with E-state index in [0.29, 0.717) is 18.6 Å². The zero-order valence-corrected chi connectivity index (χ0v) is 9.72. The van der Waals surface area contributed by atoms with Gasteiger partial charge in [0.25, 0.3) is 0 Å². The van der Waals surface area contributed by atoms with Gasteiger partial charge in [-0.15, -0.1) is 0 Å². The van der Waals surface area contributed by atoms with E-state index in [1.54, 1.807) is 0 Å². The summed E-state index contributed by atoms with van der Waals surface area (Å²) in [6.45, 7) is 2.49. The van der Waals surface area contributed by atoms with Gasteiger partial charge >= 0.3 is 0 Å². The third kappa shape index (κ3) is 1.35. The Labute approximate surface area is 103 Å². The highest BCUT2D eigenvalue weighted by atomic mass is 19.1. The molecule has 94 valence electrons. The molecule has 18 heavy (non-hydrogen) atoms. The third-order valence-corrected chi connectivity index (χ3v) is 3.38. The molecule has 2 atom stereocenters. The second-order valence-electron chi connectivity index (χ2n) is 4.55. The second-order valence-corrected chi connectivity index (χ2v) is 4.55. The molecular formula is C12H11FN2O3. The molecule has 2 aliphatic rings. The number of anilines is 1. The lowest BCUT2D eigenvalue weighted by atomic mass is 9.93. The highest BCUT2D eigenvalue weighted by molar-refractivity contribution is 6.10. The molecule has 0 aliphatic carbocycles. The van der Waals surface area contributed by atoms with Crippen molar-refractivity contribution in [3.63, 3.8) is 0 Å². The predicted octanol–water partition coefficient (Wildman–Crippen LogP) is 0.819. The van der Waals surface area contributed by atoms with Gasteiger partial charge in [-0.1, -0.05) is 0 Å². The highest BCUT2D eigenvalue weighted by Crippen LogP contribution is 2.41. The molecule has 0 saturated carbocycles. The molecule has 6 heteroatoms. The standard InChI is InChI=1S/C12H11FN2O3/c1-6-5-18-12-8(13)2-14-9-10(12)15(6)3-7(4-16)11(9)17/h2,4,6-7H,3,5H2,1H3. The van der Waals surface area contributed by atoms with Crippen molar-refractivity contribution in [1.29, 1.82) is 0 Å². The van der Waals surface area contributed by atoms with Crippen LogP contribution in [0.4, 0.5) is 10.1 Å². The van der Waals surface area contributed by atoms with E-state index in [1.165, 1.54) is 0 Å². The summed E-state index contributed by atoms with van der Waals surface area (Å²) in [7, 11) is 0. The van der Waals surface area contributed by atoms with Crippen LogP contribution in [0.3, 0.4) is 0 Å². The molecule has 0 fully saturated rings. The van der Waals surface area contributed by atoms with Crippen molar-refractivity contribution in [1.82, 2.24) is 4.98 Å². The molecule has 2 aliphatic heterocycles. The van der Waals surface area contributed by atoms with Crippen molar-refractivity contribution < 1.29 is 18.7 Å². The molecule has 0 radical (unpaired) electrons. The lowest BCUT2D eigenvalue weighted by Crippen LogP contribution is -2.49. The Morgan fingerprint density at radius 2 is 2.39 bits per heavy atom. The van der Waals surface area contributed by atoms with Crippen LogP contribution in [0, 0.1) is 11.7 Å². The maximum absolute atomic E-state index is 13.6. The monoisotopic (exact) mass is 250 g/mol. The Morgan fingerprint density at radius 1 is 1.61 bits per heavy atom. The summed E-state index contributed by atoms with van der Waals surface area (Å²) >= 11 is 0. The van der Waals surface area contributed by atoms with Crippen LogP contribution in [-0.2, 0) is 4.79 Å². The molecule has 0 aromatic carbocycles. The number of hydrogen-bond donors (Lipinski definition) is 0. The van der Waals surface area contributed by atoms with E-state index >= 15 is 0 Å². The molecule has 0 amide bonds. The first kappa shape index (κ1) is 11.1. The van der Waals surface area contributed by atoms with E-state index in [1.807, 2.05) is 11.8 Å². The van der Waals surface area contributed by atoms with Crippen LogP contribution in [0.1, 0.15) is 17.4 Å². The van der Waals surface area contributed by atoms with Gasteiger partial charge in [0.1, 0.15) is 24.3 Å².